The van der Waals surface area contributed by atoms with E-state index in [9.17, 15) is 0 Å². The Hall–Kier alpha value is -1.92. The molecule has 2 aromatic rings. The molecule has 0 aliphatic carbocycles. The third-order valence-corrected chi connectivity index (χ3v) is 6.07. The lowest BCUT2D eigenvalue weighted by Crippen LogP contribution is -2.42. The van der Waals surface area contributed by atoms with Crippen molar-refractivity contribution >= 4 is 17.3 Å². The number of aryl methyl sites for hydroxylation is 2. The lowest BCUT2D eigenvalue weighted by atomic mass is 9.97. The Labute approximate surface area is 166 Å². The molecule has 1 aromatic heterocycles. The number of aromatic nitrogens is 1. The minimum absolute atomic E-state index is 0.704. The second-order valence-electron chi connectivity index (χ2n) is 7.31. The SMILES string of the molecule is CN=C(NCc1ccccc1C)NCC1CCN(Cc2csc(C)n2)CC1. The fraction of sp³-hybridized carbons (Fsp3) is 0.524. The molecule has 0 spiro atoms. The largest absolute Gasteiger partial charge is 0.356 e. The van der Waals surface area contributed by atoms with Gasteiger partial charge in [-0.05, 0) is 56.8 Å². The van der Waals surface area contributed by atoms with Crippen LogP contribution in [0.1, 0.15) is 34.7 Å². The first-order valence-electron chi connectivity index (χ1n) is 9.76. The lowest BCUT2D eigenvalue weighted by molar-refractivity contribution is 0.176. The lowest BCUT2D eigenvalue weighted by Gasteiger charge is -2.31. The zero-order valence-electron chi connectivity index (χ0n) is 16.7. The molecule has 1 aromatic carbocycles. The number of guanidine groups is 1. The summed E-state index contributed by atoms with van der Waals surface area (Å²) in [5.74, 6) is 1.59. The van der Waals surface area contributed by atoms with Crippen molar-refractivity contribution in [3.05, 3.63) is 51.5 Å². The van der Waals surface area contributed by atoms with Gasteiger partial charge in [-0.25, -0.2) is 4.98 Å². The van der Waals surface area contributed by atoms with Crippen molar-refractivity contribution < 1.29 is 0 Å². The molecule has 146 valence electrons. The molecule has 5 nitrogen and oxygen atoms in total. The summed E-state index contributed by atoms with van der Waals surface area (Å²) in [6, 6.07) is 8.47. The number of nitrogens with zero attached hydrogens (tertiary/aromatic N) is 3. The number of benzene rings is 1. The fourth-order valence-electron chi connectivity index (χ4n) is 3.51. The van der Waals surface area contributed by atoms with Gasteiger partial charge in [0.15, 0.2) is 5.96 Å². The summed E-state index contributed by atoms with van der Waals surface area (Å²) >= 11 is 1.74. The second kappa shape index (κ2) is 9.85. The molecule has 1 saturated heterocycles. The van der Waals surface area contributed by atoms with Gasteiger partial charge in [-0.3, -0.25) is 9.89 Å². The second-order valence-corrected chi connectivity index (χ2v) is 8.37. The van der Waals surface area contributed by atoms with Crippen LogP contribution >= 0.6 is 11.3 Å². The average molecular weight is 386 g/mol. The first kappa shape index (κ1) is 19.8. The number of likely N-dealkylation sites (tertiary alicyclic amines) is 1. The van der Waals surface area contributed by atoms with Gasteiger partial charge in [0.1, 0.15) is 0 Å². The van der Waals surface area contributed by atoms with E-state index in [4.69, 9.17) is 0 Å². The zero-order chi connectivity index (χ0) is 19.1. The summed E-state index contributed by atoms with van der Waals surface area (Å²) in [5, 5.41) is 10.3. The van der Waals surface area contributed by atoms with Crippen molar-refractivity contribution in [1.82, 2.24) is 20.5 Å². The van der Waals surface area contributed by atoms with Gasteiger partial charge in [0.2, 0.25) is 0 Å². The molecule has 0 unspecified atom stereocenters. The van der Waals surface area contributed by atoms with E-state index in [1.165, 1.54) is 29.7 Å². The van der Waals surface area contributed by atoms with E-state index in [2.05, 4.69) is 69.0 Å². The molecule has 0 atom stereocenters. The highest BCUT2D eigenvalue weighted by Crippen LogP contribution is 2.19. The van der Waals surface area contributed by atoms with Gasteiger partial charge in [0.25, 0.3) is 0 Å². The Morgan fingerprint density at radius 3 is 2.67 bits per heavy atom. The number of aliphatic imine (C=N–C) groups is 1. The van der Waals surface area contributed by atoms with Gasteiger partial charge < -0.3 is 10.6 Å². The monoisotopic (exact) mass is 385 g/mol. The van der Waals surface area contributed by atoms with Crippen molar-refractivity contribution in [1.29, 1.82) is 0 Å². The van der Waals surface area contributed by atoms with E-state index < -0.39 is 0 Å². The maximum atomic E-state index is 4.59. The molecule has 0 amide bonds. The molecule has 1 aliphatic heterocycles. The van der Waals surface area contributed by atoms with E-state index in [0.29, 0.717) is 5.92 Å². The highest BCUT2D eigenvalue weighted by molar-refractivity contribution is 7.09. The van der Waals surface area contributed by atoms with E-state index >= 15 is 0 Å². The molecule has 3 rings (SSSR count). The number of rotatable bonds is 6. The van der Waals surface area contributed by atoms with Crippen LogP contribution in [0.15, 0.2) is 34.6 Å². The number of piperidine rings is 1. The summed E-state index contributed by atoms with van der Waals surface area (Å²) in [4.78, 5) is 11.5. The predicted octanol–water partition coefficient (Wildman–Crippen LogP) is 3.34. The minimum Gasteiger partial charge on any atom is -0.356 e. The van der Waals surface area contributed by atoms with Crippen LogP contribution in [0.4, 0.5) is 0 Å². The normalized spacial score (nSPS) is 16.5. The van der Waals surface area contributed by atoms with Crippen LogP contribution in [-0.2, 0) is 13.1 Å². The molecule has 0 bridgehead atoms. The maximum Gasteiger partial charge on any atom is 0.191 e. The zero-order valence-corrected chi connectivity index (χ0v) is 17.5. The van der Waals surface area contributed by atoms with E-state index in [0.717, 1.165) is 43.7 Å². The van der Waals surface area contributed by atoms with Gasteiger partial charge in [-0.2, -0.15) is 0 Å². The highest BCUT2D eigenvalue weighted by Gasteiger charge is 2.20. The predicted molar refractivity (Wildman–Crippen MR) is 114 cm³/mol. The number of hydrogen-bond acceptors (Lipinski definition) is 4. The maximum absolute atomic E-state index is 4.59. The first-order chi connectivity index (χ1) is 13.1. The molecule has 0 radical (unpaired) electrons. The Balaban J connectivity index is 1.37. The van der Waals surface area contributed by atoms with Crippen molar-refractivity contribution in [2.24, 2.45) is 10.9 Å². The van der Waals surface area contributed by atoms with Crippen molar-refractivity contribution in [3.8, 4) is 0 Å². The van der Waals surface area contributed by atoms with Gasteiger partial charge >= 0.3 is 0 Å². The summed E-state index contributed by atoms with van der Waals surface area (Å²) in [6.07, 6.45) is 2.45. The number of hydrogen-bond donors (Lipinski definition) is 2. The van der Waals surface area contributed by atoms with Crippen molar-refractivity contribution in [2.75, 3.05) is 26.7 Å². The minimum atomic E-state index is 0.704. The Morgan fingerprint density at radius 2 is 2.00 bits per heavy atom. The summed E-state index contributed by atoms with van der Waals surface area (Å²) < 4.78 is 0. The van der Waals surface area contributed by atoms with Crippen LogP contribution in [-0.4, -0.2) is 42.5 Å². The standard InChI is InChI=1S/C21H31N5S/c1-16-6-4-5-7-19(16)13-24-21(22-3)23-12-18-8-10-26(11-9-18)14-20-15-27-17(2)25-20/h4-7,15,18H,8-14H2,1-3H3,(H2,22,23,24). The topological polar surface area (TPSA) is 52.6 Å². The van der Waals surface area contributed by atoms with Gasteiger partial charge in [-0.15, -0.1) is 11.3 Å². The summed E-state index contributed by atoms with van der Waals surface area (Å²) in [5.41, 5.74) is 3.84. The van der Waals surface area contributed by atoms with Gasteiger partial charge in [0.05, 0.1) is 10.7 Å². The van der Waals surface area contributed by atoms with Gasteiger partial charge in [0, 0.05) is 32.1 Å². The van der Waals surface area contributed by atoms with E-state index in [1.54, 1.807) is 11.3 Å². The van der Waals surface area contributed by atoms with Crippen LogP contribution in [0.5, 0.6) is 0 Å². The van der Waals surface area contributed by atoms with Crippen LogP contribution in [0, 0.1) is 19.8 Å². The van der Waals surface area contributed by atoms with Crippen LogP contribution in [0.3, 0.4) is 0 Å². The summed E-state index contributed by atoms with van der Waals surface area (Å²) in [6.45, 7) is 9.30. The molecule has 1 fully saturated rings. The molecule has 2 heterocycles. The third kappa shape index (κ3) is 6.04. The van der Waals surface area contributed by atoms with Gasteiger partial charge in [-0.1, -0.05) is 24.3 Å². The molecule has 27 heavy (non-hydrogen) atoms. The Morgan fingerprint density at radius 1 is 1.22 bits per heavy atom. The number of thiazole rings is 1. The third-order valence-electron chi connectivity index (χ3n) is 5.25. The molecular weight excluding hydrogens is 354 g/mol. The molecular formula is C21H31N5S. The van der Waals surface area contributed by atoms with Crippen molar-refractivity contribution in [2.45, 2.75) is 39.8 Å². The summed E-state index contributed by atoms with van der Waals surface area (Å²) in [7, 11) is 1.84. The Bertz CT molecular complexity index is 747. The van der Waals surface area contributed by atoms with E-state index in [-0.39, 0.29) is 0 Å². The smallest absolute Gasteiger partial charge is 0.191 e. The van der Waals surface area contributed by atoms with Crippen LogP contribution in [0.2, 0.25) is 0 Å². The molecule has 1 aliphatic rings. The first-order valence-corrected chi connectivity index (χ1v) is 10.6. The molecule has 6 heteroatoms. The van der Waals surface area contributed by atoms with Crippen LogP contribution < -0.4 is 10.6 Å². The van der Waals surface area contributed by atoms with Crippen molar-refractivity contribution in [3.63, 3.8) is 0 Å². The fourth-order valence-corrected chi connectivity index (χ4v) is 4.11. The Kier molecular flexibility index (Phi) is 7.24. The molecule has 0 saturated carbocycles. The quantitative estimate of drug-likeness (QED) is 0.592. The van der Waals surface area contributed by atoms with E-state index in [1.807, 2.05) is 7.05 Å². The van der Waals surface area contributed by atoms with Crippen LogP contribution in [0.25, 0.3) is 0 Å². The average Bonchev–Trinajstić information content (AvgIpc) is 3.09. The number of nitrogens with one attached hydrogen (secondary N) is 2. The highest BCUT2D eigenvalue weighted by atomic mass is 32.1. The molecule has 2 N–H and O–H groups in total.